The van der Waals surface area contributed by atoms with Crippen molar-refractivity contribution in [3.05, 3.63) is 87.7 Å². The number of hydrogen-bond donors (Lipinski definition) is 0. The number of aromatic nitrogens is 2. The molecule has 0 N–H and O–H groups in total. The summed E-state index contributed by atoms with van der Waals surface area (Å²) in [6.45, 7) is 2.33. The monoisotopic (exact) mass is 427 g/mol. The Morgan fingerprint density at radius 2 is 1.86 bits per heavy atom. The van der Waals surface area contributed by atoms with Gasteiger partial charge in [0.2, 0.25) is 0 Å². The van der Waals surface area contributed by atoms with Crippen LogP contribution in [0.15, 0.2) is 60.8 Å². The second kappa shape index (κ2) is 7.87. The summed E-state index contributed by atoms with van der Waals surface area (Å²) in [4.78, 5) is 24.0. The van der Waals surface area contributed by atoms with Crippen LogP contribution >= 0.6 is 34.5 Å². The molecular formula is C21H15Cl2N3OS. The summed E-state index contributed by atoms with van der Waals surface area (Å²) in [5.74, 6) is -0.231. The van der Waals surface area contributed by atoms with Crippen LogP contribution in [0, 0.1) is 6.92 Å². The Hall–Kier alpha value is -2.47. The summed E-state index contributed by atoms with van der Waals surface area (Å²) >= 11 is 13.7. The van der Waals surface area contributed by atoms with Gasteiger partial charge in [0.25, 0.3) is 5.91 Å². The van der Waals surface area contributed by atoms with E-state index in [0.29, 0.717) is 27.3 Å². The Labute approximate surface area is 176 Å². The summed E-state index contributed by atoms with van der Waals surface area (Å²) in [7, 11) is 0. The molecule has 0 fully saturated rings. The number of benzene rings is 2. The van der Waals surface area contributed by atoms with Gasteiger partial charge < -0.3 is 0 Å². The number of carbonyl (C=O) groups excluding carboxylic acids is 1. The molecule has 7 heteroatoms. The Morgan fingerprint density at radius 1 is 1.07 bits per heavy atom. The summed E-state index contributed by atoms with van der Waals surface area (Å²) in [5.41, 5.74) is 3.17. The van der Waals surface area contributed by atoms with Gasteiger partial charge in [-0.05, 0) is 55.0 Å². The van der Waals surface area contributed by atoms with Crippen molar-refractivity contribution in [2.45, 2.75) is 13.5 Å². The molecule has 0 saturated carbocycles. The van der Waals surface area contributed by atoms with Crippen molar-refractivity contribution in [2.75, 3.05) is 4.90 Å². The Morgan fingerprint density at radius 3 is 2.57 bits per heavy atom. The molecule has 4 nitrogen and oxygen atoms in total. The maximum Gasteiger partial charge on any atom is 0.260 e. The zero-order chi connectivity index (χ0) is 19.7. The highest BCUT2D eigenvalue weighted by atomic mass is 35.5. The van der Waals surface area contributed by atoms with Gasteiger partial charge in [0, 0.05) is 21.8 Å². The lowest BCUT2D eigenvalue weighted by Crippen LogP contribution is -2.30. The lowest BCUT2D eigenvalue weighted by Gasteiger charge is -2.20. The third-order valence-corrected chi connectivity index (χ3v) is 5.64. The number of fused-ring (bicyclic) bond motifs is 1. The first kappa shape index (κ1) is 18.9. The van der Waals surface area contributed by atoms with Crippen LogP contribution < -0.4 is 4.90 Å². The van der Waals surface area contributed by atoms with E-state index < -0.39 is 0 Å². The number of aryl methyl sites for hydroxylation is 1. The largest absolute Gasteiger partial charge is 0.278 e. The Bertz CT molecular complexity index is 1140. The van der Waals surface area contributed by atoms with E-state index >= 15 is 0 Å². The molecule has 2 heterocycles. The Balaban J connectivity index is 1.79. The van der Waals surface area contributed by atoms with Crippen LogP contribution in [0.5, 0.6) is 0 Å². The standard InChI is InChI=1S/C21H15Cl2N3OS/c1-13-5-6-18-19(8-13)28-21(25-18)26(12-17-4-2-3-7-24-17)20(27)14-9-15(22)11-16(23)10-14/h2-11H,12H2,1H3. The van der Waals surface area contributed by atoms with Crippen LogP contribution in [0.2, 0.25) is 10.0 Å². The normalized spacial score (nSPS) is 11.0. The molecule has 0 bridgehead atoms. The van der Waals surface area contributed by atoms with Crippen molar-refractivity contribution < 1.29 is 4.79 Å². The second-order valence-electron chi connectivity index (χ2n) is 6.34. The Kier molecular flexibility index (Phi) is 5.31. The van der Waals surface area contributed by atoms with Gasteiger partial charge in [-0.1, -0.05) is 46.7 Å². The zero-order valence-corrected chi connectivity index (χ0v) is 17.2. The van der Waals surface area contributed by atoms with E-state index in [-0.39, 0.29) is 5.91 Å². The molecule has 0 aliphatic carbocycles. The molecule has 140 valence electrons. The molecule has 2 aromatic heterocycles. The summed E-state index contributed by atoms with van der Waals surface area (Å²) < 4.78 is 1.03. The van der Waals surface area contributed by atoms with Gasteiger partial charge in [0.1, 0.15) is 0 Å². The smallest absolute Gasteiger partial charge is 0.260 e. The fraction of sp³-hybridized carbons (Fsp3) is 0.0952. The van der Waals surface area contributed by atoms with Crippen LogP contribution in [0.1, 0.15) is 21.6 Å². The number of nitrogens with zero attached hydrogens (tertiary/aromatic N) is 3. The van der Waals surface area contributed by atoms with Gasteiger partial charge in [-0.3, -0.25) is 14.7 Å². The highest BCUT2D eigenvalue weighted by molar-refractivity contribution is 7.22. The molecule has 0 spiro atoms. The molecule has 28 heavy (non-hydrogen) atoms. The van der Waals surface area contributed by atoms with Crippen molar-refractivity contribution in [1.29, 1.82) is 0 Å². The number of carbonyl (C=O) groups is 1. The number of anilines is 1. The molecule has 0 saturated heterocycles. The predicted octanol–water partition coefficient (Wildman–Crippen LogP) is 6.15. The number of hydrogen-bond acceptors (Lipinski definition) is 4. The minimum Gasteiger partial charge on any atom is -0.278 e. The molecule has 4 aromatic rings. The van der Waals surface area contributed by atoms with E-state index in [1.165, 1.54) is 11.3 Å². The van der Waals surface area contributed by atoms with E-state index in [4.69, 9.17) is 23.2 Å². The highest BCUT2D eigenvalue weighted by Gasteiger charge is 2.23. The number of amides is 1. The minimum atomic E-state index is -0.231. The minimum absolute atomic E-state index is 0.231. The molecule has 4 rings (SSSR count). The van der Waals surface area contributed by atoms with Crippen LogP contribution in [-0.4, -0.2) is 15.9 Å². The summed E-state index contributed by atoms with van der Waals surface area (Å²) in [6, 6.07) is 16.5. The third-order valence-electron chi connectivity index (χ3n) is 4.16. The summed E-state index contributed by atoms with van der Waals surface area (Å²) in [6.07, 6.45) is 1.70. The molecule has 0 aliphatic heterocycles. The third kappa shape index (κ3) is 4.02. The van der Waals surface area contributed by atoms with E-state index in [1.807, 2.05) is 37.3 Å². The van der Waals surface area contributed by atoms with Crippen LogP contribution in [0.25, 0.3) is 10.2 Å². The SMILES string of the molecule is Cc1ccc2nc(N(Cc3ccccn3)C(=O)c3cc(Cl)cc(Cl)c3)sc2c1. The van der Waals surface area contributed by atoms with Gasteiger partial charge in [-0.15, -0.1) is 0 Å². The maximum absolute atomic E-state index is 13.3. The molecule has 0 unspecified atom stereocenters. The van der Waals surface area contributed by atoms with Crippen molar-refractivity contribution in [3.8, 4) is 0 Å². The first-order valence-corrected chi connectivity index (χ1v) is 10.1. The van der Waals surface area contributed by atoms with Crippen molar-refractivity contribution in [2.24, 2.45) is 0 Å². The van der Waals surface area contributed by atoms with Gasteiger partial charge >= 0.3 is 0 Å². The van der Waals surface area contributed by atoms with Gasteiger partial charge in [0.05, 0.1) is 22.5 Å². The highest BCUT2D eigenvalue weighted by Crippen LogP contribution is 2.32. The van der Waals surface area contributed by atoms with E-state index in [0.717, 1.165) is 21.5 Å². The number of thiazole rings is 1. The maximum atomic E-state index is 13.3. The summed E-state index contributed by atoms with van der Waals surface area (Å²) in [5, 5.41) is 1.43. The molecular weight excluding hydrogens is 413 g/mol. The number of halogens is 2. The van der Waals surface area contributed by atoms with E-state index in [9.17, 15) is 4.79 Å². The van der Waals surface area contributed by atoms with Gasteiger partial charge in [-0.25, -0.2) is 4.98 Å². The second-order valence-corrected chi connectivity index (χ2v) is 8.22. The van der Waals surface area contributed by atoms with Gasteiger partial charge in [-0.2, -0.15) is 0 Å². The van der Waals surface area contributed by atoms with Crippen LogP contribution in [0.4, 0.5) is 5.13 Å². The number of rotatable bonds is 4. The van der Waals surface area contributed by atoms with Crippen LogP contribution in [0.3, 0.4) is 0 Å². The van der Waals surface area contributed by atoms with Gasteiger partial charge in [0.15, 0.2) is 5.13 Å². The molecule has 0 radical (unpaired) electrons. The average Bonchev–Trinajstić information content (AvgIpc) is 3.08. The lowest BCUT2D eigenvalue weighted by atomic mass is 10.2. The molecule has 1 amide bonds. The molecule has 2 aromatic carbocycles. The first-order valence-electron chi connectivity index (χ1n) is 8.55. The van der Waals surface area contributed by atoms with E-state index in [2.05, 4.69) is 16.0 Å². The fourth-order valence-electron chi connectivity index (χ4n) is 2.85. The van der Waals surface area contributed by atoms with Crippen molar-refractivity contribution in [1.82, 2.24) is 9.97 Å². The predicted molar refractivity (Wildman–Crippen MR) is 116 cm³/mol. The average molecular weight is 428 g/mol. The number of pyridine rings is 1. The molecule has 0 aliphatic rings. The lowest BCUT2D eigenvalue weighted by molar-refractivity contribution is 0.0985. The topological polar surface area (TPSA) is 46.1 Å². The van der Waals surface area contributed by atoms with E-state index in [1.54, 1.807) is 29.3 Å². The van der Waals surface area contributed by atoms with Crippen LogP contribution in [-0.2, 0) is 6.54 Å². The van der Waals surface area contributed by atoms with Crippen molar-refractivity contribution in [3.63, 3.8) is 0 Å². The zero-order valence-electron chi connectivity index (χ0n) is 14.9. The van der Waals surface area contributed by atoms with Crippen molar-refractivity contribution >= 4 is 55.8 Å². The first-order chi connectivity index (χ1) is 13.5. The fourth-order valence-corrected chi connectivity index (χ4v) is 4.44. The molecule has 0 atom stereocenters. The quantitative estimate of drug-likeness (QED) is 0.392.